The molecule has 3 fully saturated rings. The molecule has 0 spiro atoms. The number of hydrogen-bond acceptors (Lipinski definition) is 13. The van der Waals surface area contributed by atoms with Crippen molar-refractivity contribution in [2.45, 2.75) is 141 Å². The number of nitrogens with one attached hydrogen (secondary N) is 1. The van der Waals surface area contributed by atoms with Gasteiger partial charge in [-0.1, -0.05) is 37.6 Å². The van der Waals surface area contributed by atoms with Crippen LogP contribution < -0.4 is 5.32 Å². The van der Waals surface area contributed by atoms with Gasteiger partial charge in [0.05, 0.1) is 36.1 Å². The summed E-state index contributed by atoms with van der Waals surface area (Å²) in [7, 11) is 5.24. The summed E-state index contributed by atoms with van der Waals surface area (Å²) in [6, 6.07) is 5.94. The van der Waals surface area contributed by atoms with Crippen LogP contribution in [0.4, 0.5) is 4.79 Å². The zero-order chi connectivity index (χ0) is 39.4. The smallest absolute Gasteiger partial charge is 0.461 e. The molecule has 14 atom stereocenters. The van der Waals surface area contributed by atoms with E-state index in [4.69, 9.17) is 44.8 Å². The van der Waals surface area contributed by atoms with E-state index in [-0.39, 0.29) is 31.4 Å². The Hall–Kier alpha value is -3.01. The fourth-order valence-corrected chi connectivity index (χ4v) is 7.88. The Balaban J connectivity index is 1.81. The maximum Gasteiger partial charge on any atom is 0.509 e. The molecule has 0 aromatic heterocycles. The summed E-state index contributed by atoms with van der Waals surface area (Å²) >= 11 is 6.07. The number of benzene rings is 1. The zero-order valence-corrected chi connectivity index (χ0v) is 33.2. The van der Waals surface area contributed by atoms with E-state index in [9.17, 15) is 24.3 Å². The standard InChI is InChI=1S/C38H57ClN2O12/c1-11-27-32-31(51-37(46)52-32)22(5)34(44)40-19(2)18-38(7,47-10)33(53-36-29(43)26(41(8)9)16-20(3)48-36)21(4)30(23(6)35(45)49-27)50-28(42)17-24-12-14-25(39)15-13-24/h12-15,19-23,26-27,29-33,36,43H,11,16-18H2,1-10H3,(H,40,44)/t19-,20-,21+,22-,23-,26-,27-,29-,30+,31-,32-,33-,36+,38-/m1/s1. The van der Waals surface area contributed by atoms with Crippen LogP contribution in [0.5, 0.6) is 0 Å². The summed E-state index contributed by atoms with van der Waals surface area (Å²) in [4.78, 5) is 55.8. The van der Waals surface area contributed by atoms with Crippen molar-refractivity contribution in [3.8, 4) is 0 Å². The normalized spacial score (nSPS) is 38.7. The molecule has 0 aliphatic carbocycles. The fourth-order valence-electron chi connectivity index (χ4n) is 7.75. The van der Waals surface area contributed by atoms with Gasteiger partial charge in [0.15, 0.2) is 18.5 Å². The average Bonchev–Trinajstić information content (AvgIpc) is 3.49. The topological polar surface area (TPSA) is 168 Å². The summed E-state index contributed by atoms with van der Waals surface area (Å²) in [6.07, 6.45) is -7.81. The molecule has 1 amide bonds. The third-order valence-corrected chi connectivity index (χ3v) is 11.1. The lowest BCUT2D eigenvalue weighted by Gasteiger charge is -2.48. The van der Waals surface area contributed by atoms with Crippen LogP contribution in [0.25, 0.3) is 0 Å². The van der Waals surface area contributed by atoms with E-state index in [1.165, 1.54) is 7.11 Å². The molecule has 0 saturated carbocycles. The first-order valence-corrected chi connectivity index (χ1v) is 18.8. The maximum atomic E-state index is 14.1. The van der Waals surface area contributed by atoms with Crippen LogP contribution in [0.2, 0.25) is 5.02 Å². The lowest BCUT2D eigenvalue weighted by molar-refractivity contribution is -0.301. The Bertz CT molecular complexity index is 1430. The summed E-state index contributed by atoms with van der Waals surface area (Å²) in [5.74, 6) is -4.52. The van der Waals surface area contributed by atoms with Gasteiger partial charge in [-0.15, -0.1) is 0 Å². The molecule has 4 rings (SSSR count). The zero-order valence-electron chi connectivity index (χ0n) is 32.4. The van der Waals surface area contributed by atoms with E-state index in [1.807, 2.05) is 25.9 Å². The molecule has 3 saturated heterocycles. The van der Waals surface area contributed by atoms with E-state index in [1.54, 1.807) is 65.8 Å². The molecule has 2 N–H and O–H groups in total. The number of hydrogen-bond donors (Lipinski definition) is 2. The average molecular weight is 769 g/mol. The van der Waals surface area contributed by atoms with Crippen LogP contribution in [-0.4, -0.2) is 122 Å². The van der Waals surface area contributed by atoms with Gasteiger partial charge in [-0.05, 0) is 85.7 Å². The van der Waals surface area contributed by atoms with Crippen LogP contribution >= 0.6 is 11.6 Å². The van der Waals surface area contributed by atoms with E-state index in [0.717, 1.165) is 0 Å². The number of aliphatic hydroxyl groups excluding tert-OH is 1. The predicted octanol–water partition coefficient (Wildman–Crippen LogP) is 4.05. The van der Waals surface area contributed by atoms with Crippen molar-refractivity contribution < 1.29 is 57.4 Å². The molecule has 298 valence electrons. The third kappa shape index (κ3) is 10.2. The molecular formula is C38H57ClN2O12. The van der Waals surface area contributed by atoms with Crippen LogP contribution in [0, 0.1) is 17.8 Å². The van der Waals surface area contributed by atoms with Crippen molar-refractivity contribution in [2.24, 2.45) is 17.8 Å². The molecule has 3 heterocycles. The summed E-state index contributed by atoms with van der Waals surface area (Å²) in [5.41, 5.74) is -0.579. The van der Waals surface area contributed by atoms with Crippen LogP contribution in [0.15, 0.2) is 24.3 Å². The minimum Gasteiger partial charge on any atom is -0.461 e. The highest BCUT2D eigenvalue weighted by Gasteiger charge is 2.52. The Morgan fingerprint density at radius 1 is 1.02 bits per heavy atom. The molecule has 0 unspecified atom stereocenters. The van der Waals surface area contributed by atoms with Gasteiger partial charge in [-0.3, -0.25) is 14.4 Å². The summed E-state index contributed by atoms with van der Waals surface area (Å²) in [5, 5.41) is 15.1. The number of halogens is 1. The van der Waals surface area contributed by atoms with Gasteiger partial charge in [-0.2, -0.15) is 0 Å². The first kappa shape index (κ1) is 42.7. The SMILES string of the molecule is CC[C@H]1OC(=O)[C@H](C)[C@@H](OC(=O)Cc2ccc(Cl)cc2)[C@H](C)[C@@H](O[C@@H]2O[C@H](C)C[C@@H](N(C)C)[C@H]2O)[C@](C)(OC)C[C@@H](C)NC(=O)[C@H](C)[C@H]2OC(=O)O[C@@H]21. The number of carbonyl (C=O) groups is 4. The lowest BCUT2D eigenvalue weighted by Crippen LogP contribution is -2.60. The van der Waals surface area contributed by atoms with E-state index in [2.05, 4.69) is 5.32 Å². The number of nitrogens with zero attached hydrogens (tertiary/aromatic N) is 1. The number of rotatable bonds is 8. The quantitative estimate of drug-likeness (QED) is 0.287. The molecule has 15 heteroatoms. The lowest BCUT2D eigenvalue weighted by atomic mass is 9.78. The number of methoxy groups -OCH3 is 1. The number of carbonyl (C=O) groups excluding carboxylic acids is 4. The molecule has 0 bridgehead atoms. The van der Waals surface area contributed by atoms with Gasteiger partial charge in [0.2, 0.25) is 5.91 Å². The number of ether oxygens (including phenoxy) is 7. The van der Waals surface area contributed by atoms with Crippen LogP contribution in [0.1, 0.15) is 73.3 Å². The molecule has 1 aromatic rings. The largest absolute Gasteiger partial charge is 0.509 e. The Morgan fingerprint density at radius 2 is 1.66 bits per heavy atom. The molecule has 3 aliphatic rings. The number of fused-ring (bicyclic) bond motifs is 1. The molecule has 1 aromatic carbocycles. The highest BCUT2D eigenvalue weighted by atomic mass is 35.5. The van der Waals surface area contributed by atoms with Crippen molar-refractivity contribution >= 4 is 35.6 Å². The van der Waals surface area contributed by atoms with Crippen molar-refractivity contribution in [2.75, 3.05) is 21.2 Å². The van der Waals surface area contributed by atoms with Gasteiger partial charge in [0.1, 0.15) is 18.3 Å². The van der Waals surface area contributed by atoms with E-state index in [0.29, 0.717) is 17.0 Å². The molecule has 14 nitrogen and oxygen atoms in total. The molecular weight excluding hydrogens is 712 g/mol. The number of cyclic esters (lactones) is 1. The van der Waals surface area contributed by atoms with Gasteiger partial charge in [0, 0.05) is 30.1 Å². The highest BCUT2D eigenvalue weighted by Crippen LogP contribution is 2.38. The highest BCUT2D eigenvalue weighted by molar-refractivity contribution is 6.30. The van der Waals surface area contributed by atoms with E-state index >= 15 is 0 Å². The Kier molecular flexibility index (Phi) is 14.6. The number of aliphatic hydroxyl groups is 1. The number of amides is 1. The van der Waals surface area contributed by atoms with Crippen molar-refractivity contribution in [3.63, 3.8) is 0 Å². The number of likely N-dealkylation sites (N-methyl/N-ethyl adjacent to an activating group) is 1. The van der Waals surface area contributed by atoms with Crippen molar-refractivity contribution in [1.29, 1.82) is 0 Å². The monoisotopic (exact) mass is 768 g/mol. The second-order valence-corrected chi connectivity index (χ2v) is 15.7. The van der Waals surface area contributed by atoms with E-state index < -0.39 is 96.3 Å². The number of esters is 2. The molecule has 53 heavy (non-hydrogen) atoms. The summed E-state index contributed by atoms with van der Waals surface area (Å²) in [6.45, 7) is 12.2. The first-order valence-electron chi connectivity index (χ1n) is 18.4. The first-order chi connectivity index (χ1) is 24.9. The summed E-state index contributed by atoms with van der Waals surface area (Å²) < 4.78 is 42.3. The van der Waals surface area contributed by atoms with Gasteiger partial charge >= 0.3 is 18.1 Å². The second-order valence-electron chi connectivity index (χ2n) is 15.3. The second kappa shape index (κ2) is 18.1. The van der Waals surface area contributed by atoms with Gasteiger partial charge in [0.25, 0.3) is 0 Å². The van der Waals surface area contributed by atoms with Gasteiger partial charge in [-0.25, -0.2) is 4.79 Å². The van der Waals surface area contributed by atoms with Crippen molar-refractivity contribution in [1.82, 2.24) is 10.2 Å². The van der Waals surface area contributed by atoms with Gasteiger partial charge < -0.3 is 48.5 Å². The predicted molar refractivity (Wildman–Crippen MR) is 193 cm³/mol. The molecule has 3 aliphatic heterocycles. The third-order valence-electron chi connectivity index (χ3n) is 10.8. The fraction of sp³-hybridized carbons (Fsp3) is 0.737. The minimum absolute atomic E-state index is 0.114. The van der Waals surface area contributed by atoms with Crippen molar-refractivity contribution in [3.05, 3.63) is 34.9 Å². The maximum absolute atomic E-state index is 14.1. The van der Waals surface area contributed by atoms with Crippen LogP contribution in [0.3, 0.4) is 0 Å². The minimum atomic E-state index is -1.23. The van der Waals surface area contributed by atoms with Crippen LogP contribution in [-0.2, 0) is 54.0 Å². The Morgan fingerprint density at radius 3 is 2.26 bits per heavy atom. The molecule has 0 radical (unpaired) electrons. The Labute approximate surface area is 317 Å².